The smallest absolute Gasteiger partial charge is 0.227 e. The van der Waals surface area contributed by atoms with Gasteiger partial charge in [-0.2, -0.15) is 0 Å². The molecule has 1 aromatic carbocycles. The minimum absolute atomic E-state index is 0.212. The Kier molecular flexibility index (Phi) is 7.00. The Hall–Kier alpha value is -2.90. The molecule has 0 atom stereocenters. The fourth-order valence-electron chi connectivity index (χ4n) is 3.25. The monoisotopic (exact) mass is 383 g/mol. The number of nitrogens with zero attached hydrogens (tertiary/aromatic N) is 5. The molecule has 28 heavy (non-hydrogen) atoms. The van der Waals surface area contributed by atoms with E-state index in [2.05, 4.69) is 37.3 Å². The van der Waals surface area contributed by atoms with Crippen molar-refractivity contribution in [3.05, 3.63) is 42.0 Å². The Labute approximate surface area is 166 Å². The predicted molar refractivity (Wildman–Crippen MR) is 110 cm³/mol. The molecule has 0 radical (unpaired) electrons. The molecule has 0 bridgehead atoms. The molecule has 1 fully saturated rings. The molecule has 0 aliphatic carbocycles. The number of hydrogen-bond acceptors (Lipinski definition) is 4. The number of aliphatic imine (C=N–C) groups is 1. The van der Waals surface area contributed by atoms with Crippen LogP contribution in [0.2, 0.25) is 0 Å². The van der Waals surface area contributed by atoms with Crippen molar-refractivity contribution >= 4 is 17.6 Å². The normalized spacial score (nSPS) is 14.6. The summed E-state index contributed by atoms with van der Waals surface area (Å²) in [7, 11) is 0. The Bertz CT molecular complexity index is 797. The first-order chi connectivity index (χ1) is 13.7. The first-order valence-corrected chi connectivity index (χ1v) is 9.99. The van der Waals surface area contributed by atoms with Crippen molar-refractivity contribution in [2.45, 2.75) is 46.2 Å². The number of rotatable bonds is 8. The Morgan fingerprint density at radius 1 is 1.21 bits per heavy atom. The third-order valence-electron chi connectivity index (χ3n) is 4.74. The Morgan fingerprint density at radius 3 is 2.71 bits per heavy atom. The number of carbonyl (C=O) groups is 1. The van der Waals surface area contributed by atoms with Crippen LogP contribution in [0.5, 0.6) is 0 Å². The lowest BCUT2D eigenvalue weighted by atomic mass is 10.2. The van der Waals surface area contributed by atoms with Gasteiger partial charge in [0, 0.05) is 44.7 Å². The maximum Gasteiger partial charge on any atom is 0.227 e. The lowest BCUT2D eigenvalue weighted by Crippen LogP contribution is -2.38. The van der Waals surface area contributed by atoms with Crippen LogP contribution >= 0.6 is 0 Å². The second-order valence-corrected chi connectivity index (χ2v) is 6.73. The quantitative estimate of drug-likeness (QED) is 0.535. The summed E-state index contributed by atoms with van der Waals surface area (Å²) in [6.07, 6.45) is 4.22. The molecule has 0 saturated carbocycles. The highest BCUT2D eigenvalue weighted by Gasteiger charge is 2.21. The number of aryl methyl sites for hydroxylation is 1. The van der Waals surface area contributed by atoms with E-state index < -0.39 is 0 Å². The van der Waals surface area contributed by atoms with Gasteiger partial charge in [-0.05, 0) is 31.0 Å². The number of hydrogen-bond donors (Lipinski definition) is 2. The van der Waals surface area contributed by atoms with Crippen LogP contribution in [0.1, 0.15) is 38.1 Å². The second kappa shape index (κ2) is 9.87. The summed E-state index contributed by atoms with van der Waals surface area (Å²) < 4.78 is 2.05. The summed E-state index contributed by atoms with van der Waals surface area (Å²) in [5.41, 5.74) is 2.08. The van der Waals surface area contributed by atoms with E-state index in [9.17, 15) is 4.79 Å². The van der Waals surface area contributed by atoms with Crippen LogP contribution in [0.25, 0.3) is 0 Å². The number of aromatic nitrogens is 3. The minimum atomic E-state index is 0.212. The zero-order valence-corrected chi connectivity index (χ0v) is 16.7. The molecule has 1 aromatic heterocycles. The van der Waals surface area contributed by atoms with E-state index in [1.165, 1.54) is 0 Å². The molecule has 150 valence electrons. The summed E-state index contributed by atoms with van der Waals surface area (Å²) in [5.74, 6) is 1.98. The van der Waals surface area contributed by atoms with Crippen LogP contribution < -0.4 is 15.5 Å². The Balaban J connectivity index is 1.54. The van der Waals surface area contributed by atoms with E-state index >= 15 is 0 Å². The average molecular weight is 384 g/mol. The maximum atomic E-state index is 11.9. The van der Waals surface area contributed by atoms with Crippen molar-refractivity contribution in [1.82, 2.24) is 25.4 Å². The minimum Gasteiger partial charge on any atom is -0.357 e. The number of carbonyl (C=O) groups excluding carboxylic acids is 1. The summed E-state index contributed by atoms with van der Waals surface area (Å²) in [4.78, 5) is 18.4. The van der Waals surface area contributed by atoms with Gasteiger partial charge in [-0.25, -0.2) is 4.99 Å². The zero-order valence-electron chi connectivity index (χ0n) is 16.7. The van der Waals surface area contributed by atoms with E-state index in [-0.39, 0.29) is 5.91 Å². The lowest BCUT2D eigenvalue weighted by molar-refractivity contribution is -0.117. The van der Waals surface area contributed by atoms with Gasteiger partial charge in [-0.15, -0.1) is 10.2 Å². The molecule has 1 aliphatic rings. The SMILES string of the molecule is CCNC(=NCc1ccc(N2CCCC2=O)cc1)NCCn1cnnc1CC. The van der Waals surface area contributed by atoms with Crippen LogP contribution in [-0.2, 0) is 24.3 Å². The molecule has 8 nitrogen and oxygen atoms in total. The second-order valence-electron chi connectivity index (χ2n) is 6.73. The van der Waals surface area contributed by atoms with Gasteiger partial charge >= 0.3 is 0 Å². The van der Waals surface area contributed by atoms with E-state index in [4.69, 9.17) is 0 Å². The van der Waals surface area contributed by atoms with Gasteiger partial charge in [-0.1, -0.05) is 19.1 Å². The van der Waals surface area contributed by atoms with Gasteiger partial charge < -0.3 is 20.1 Å². The standard InChI is InChI=1S/C20H29N7O/c1-3-18-25-24-15-26(18)13-11-22-20(21-4-2)23-14-16-7-9-17(10-8-16)27-12-5-6-19(27)28/h7-10,15H,3-6,11-14H2,1-2H3,(H2,21,22,23). The molecular weight excluding hydrogens is 354 g/mol. The Morgan fingerprint density at radius 2 is 2.04 bits per heavy atom. The van der Waals surface area contributed by atoms with Gasteiger partial charge in [0.2, 0.25) is 5.91 Å². The highest BCUT2D eigenvalue weighted by molar-refractivity contribution is 5.95. The van der Waals surface area contributed by atoms with Gasteiger partial charge in [0.15, 0.2) is 5.96 Å². The summed E-state index contributed by atoms with van der Waals surface area (Å²) in [6, 6.07) is 8.09. The van der Waals surface area contributed by atoms with E-state index in [1.54, 1.807) is 6.33 Å². The number of nitrogens with one attached hydrogen (secondary N) is 2. The van der Waals surface area contributed by atoms with Crippen molar-refractivity contribution in [1.29, 1.82) is 0 Å². The third-order valence-corrected chi connectivity index (χ3v) is 4.74. The van der Waals surface area contributed by atoms with Gasteiger partial charge in [-0.3, -0.25) is 4.79 Å². The molecule has 8 heteroatoms. The average Bonchev–Trinajstić information content (AvgIpc) is 3.35. The first kappa shape index (κ1) is 19.9. The fraction of sp³-hybridized carbons (Fsp3) is 0.500. The molecule has 2 aromatic rings. The van der Waals surface area contributed by atoms with Crippen molar-refractivity contribution in [2.24, 2.45) is 4.99 Å². The highest BCUT2D eigenvalue weighted by atomic mass is 16.2. The molecule has 0 unspecified atom stereocenters. The van der Waals surface area contributed by atoms with Crippen molar-refractivity contribution < 1.29 is 4.79 Å². The van der Waals surface area contributed by atoms with Crippen molar-refractivity contribution in [3.8, 4) is 0 Å². The maximum absolute atomic E-state index is 11.9. The molecule has 1 aliphatic heterocycles. The zero-order chi connectivity index (χ0) is 19.8. The topological polar surface area (TPSA) is 87.4 Å². The molecule has 2 N–H and O–H groups in total. The third kappa shape index (κ3) is 5.09. The van der Waals surface area contributed by atoms with Crippen molar-refractivity contribution in [3.63, 3.8) is 0 Å². The van der Waals surface area contributed by atoms with E-state index in [1.807, 2.05) is 36.1 Å². The molecular formula is C20H29N7O. The fourth-order valence-corrected chi connectivity index (χ4v) is 3.25. The summed E-state index contributed by atoms with van der Waals surface area (Å²) in [6.45, 7) is 7.85. The van der Waals surface area contributed by atoms with Crippen LogP contribution in [0.4, 0.5) is 5.69 Å². The summed E-state index contributed by atoms with van der Waals surface area (Å²) in [5, 5.41) is 14.7. The largest absolute Gasteiger partial charge is 0.357 e. The molecule has 2 heterocycles. The van der Waals surface area contributed by atoms with E-state index in [0.29, 0.717) is 13.0 Å². The van der Waals surface area contributed by atoms with Gasteiger partial charge in [0.05, 0.1) is 6.54 Å². The van der Waals surface area contributed by atoms with Crippen LogP contribution in [-0.4, -0.2) is 46.3 Å². The summed E-state index contributed by atoms with van der Waals surface area (Å²) >= 11 is 0. The van der Waals surface area contributed by atoms with E-state index in [0.717, 1.165) is 62.1 Å². The number of benzene rings is 1. The van der Waals surface area contributed by atoms with Crippen LogP contribution in [0, 0.1) is 0 Å². The predicted octanol–water partition coefficient (Wildman–Crippen LogP) is 1.72. The molecule has 0 spiro atoms. The van der Waals surface area contributed by atoms with Crippen LogP contribution in [0.3, 0.4) is 0 Å². The molecule has 3 rings (SSSR count). The van der Waals surface area contributed by atoms with Gasteiger partial charge in [0.1, 0.15) is 12.2 Å². The first-order valence-electron chi connectivity index (χ1n) is 9.99. The van der Waals surface area contributed by atoms with Crippen molar-refractivity contribution in [2.75, 3.05) is 24.5 Å². The lowest BCUT2D eigenvalue weighted by Gasteiger charge is -2.16. The molecule has 1 amide bonds. The number of amides is 1. The number of anilines is 1. The number of guanidine groups is 1. The molecule has 1 saturated heterocycles. The highest BCUT2D eigenvalue weighted by Crippen LogP contribution is 2.21. The van der Waals surface area contributed by atoms with Crippen LogP contribution in [0.15, 0.2) is 35.6 Å². The van der Waals surface area contributed by atoms with Gasteiger partial charge in [0.25, 0.3) is 0 Å².